The standard InChI is InChI=1S/C24H30O9/c1-7-13(2)21(27)31-20-11-24(32-16(5)26)14(3)10-19-17(8-9-23(20,6)33-24)18(22(28)30-19)12-29-15(4)25/h7,10,19-20H,8-9,11-12H2,1-6H3. The van der Waals surface area contributed by atoms with Crippen LogP contribution in [0.1, 0.15) is 60.8 Å². The second-order valence-electron chi connectivity index (χ2n) is 8.79. The van der Waals surface area contributed by atoms with E-state index in [1.165, 1.54) is 13.8 Å². The molecule has 4 unspecified atom stereocenters. The Morgan fingerprint density at radius 2 is 1.91 bits per heavy atom. The van der Waals surface area contributed by atoms with E-state index in [2.05, 4.69) is 0 Å². The number of allylic oxidation sites excluding steroid dienone is 1. The molecule has 0 aromatic rings. The summed E-state index contributed by atoms with van der Waals surface area (Å²) in [6, 6.07) is 0. The van der Waals surface area contributed by atoms with E-state index in [-0.39, 0.29) is 18.6 Å². The summed E-state index contributed by atoms with van der Waals surface area (Å²) in [6.07, 6.45) is 2.72. The van der Waals surface area contributed by atoms with Crippen LogP contribution in [0.25, 0.3) is 0 Å². The number of rotatable bonds is 5. The summed E-state index contributed by atoms with van der Waals surface area (Å²) in [5.74, 6) is -3.59. The molecule has 3 rings (SSSR count). The Hall–Kier alpha value is -2.94. The number of hydrogen-bond acceptors (Lipinski definition) is 9. The topological polar surface area (TPSA) is 114 Å². The van der Waals surface area contributed by atoms with Crippen molar-refractivity contribution >= 4 is 23.9 Å². The van der Waals surface area contributed by atoms with Gasteiger partial charge in [0.2, 0.25) is 5.79 Å². The fourth-order valence-electron chi connectivity index (χ4n) is 4.33. The van der Waals surface area contributed by atoms with Gasteiger partial charge >= 0.3 is 23.9 Å². The molecule has 0 aromatic heterocycles. The first-order chi connectivity index (χ1) is 15.4. The Kier molecular flexibility index (Phi) is 6.83. The van der Waals surface area contributed by atoms with Crippen LogP contribution in [0.5, 0.6) is 0 Å². The summed E-state index contributed by atoms with van der Waals surface area (Å²) in [6.45, 7) is 9.24. The lowest BCUT2D eigenvalue weighted by atomic mass is 9.86. The minimum atomic E-state index is -1.48. The molecule has 3 aliphatic rings. The zero-order valence-electron chi connectivity index (χ0n) is 19.8. The number of esters is 4. The zero-order chi connectivity index (χ0) is 24.6. The zero-order valence-corrected chi connectivity index (χ0v) is 19.8. The highest BCUT2D eigenvalue weighted by atomic mass is 16.7. The molecule has 1 saturated heterocycles. The molecule has 0 aromatic carbocycles. The highest BCUT2D eigenvalue weighted by Gasteiger charge is 2.59. The van der Waals surface area contributed by atoms with Gasteiger partial charge in [-0.2, -0.15) is 0 Å². The second kappa shape index (κ2) is 9.13. The van der Waals surface area contributed by atoms with E-state index >= 15 is 0 Å². The summed E-state index contributed by atoms with van der Waals surface area (Å²) >= 11 is 0. The molecule has 9 nitrogen and oxygen atoms in total. The smallest absolute Gasteiger partial charge is 0.338 e. The molecular formula is C24H30O9. The molecule has 4 atom stereocenters. The van der Waals surface area contributed by atoms with Gasteiger partial charge in [0.25, 0.3) is 0 Å². The van der Waals surface area contributed by atoms with Crippen molar-refractivity contribution in [3.8, 4) is 0 Å². The summed E-state index contributed by atoms with van der Waals surface area (Å²) < 4.78 is 28.4. The van der Waals surface area contributed by atoms with Crippen LogP contribution in [0.3, 0.4) is 0 Å². The largest absolute Gasteiger partial charge is 0.461 e. The van der Waals surface area contributed by atoms with Crippen molar-refractivity contribution in [2.45, 2.75) is 84.4 Å². The van der Waals surface area contributed by atoms with Gasteiger partial charge in [-0.05, 0) is 57.8 Å². The van der Waals surface area contributed by atoms with Crippen LogP contribution in [0, 0.1) is 0 Å². The number of ether oxygens (including phenoxy) is 5. The van der Waals surface area contributed by atoms with Crippen molar-refractivity contribution in [3.63, 3.8) is 0 Å². The third-order valence-corrected chi connectivity index (χ3v) is 6.37. The molecule has 0 radical (unpaired) electrons. The molecule has 180 valence electrons. The third-order valence-electron chi connectivity index (χ3n) is 6.37. The van der Waals surface area contributed by atoms with Crippen molar-refractivity contribution in [1.82, 2.24) is 0 Å². The van der Waals surface area contributed by atoms with E-state index in [1.807, 2.05) is 0 Å². The number of carbonyl (C=O) groups excluding carboxylic acids is 4. The van der Waals surface area contributed by atoms with Gasteiger partial charge in [-0.1, -0.05) is 6.08 Å². The van der Waals surface area contributed by atoms with E-state index in [0.717, 1.165) is 0 Å². The minimum Gasteiger partial charge on any atom is -0.461 e. The van der Waals surface area contributed by atoms with Crippen LogP contribution in [0.4, 0.5) is 0 Å². The average molecular weight is 462 g/mol. The predicted molar refractivity (Wildman–Crippen MR) is 114 cm³/mol. The summed E-state index contributed by atoms with van der Waals surface area (Å²) in [4.78, 5) is 48.4. The fourth-order valence-corrected chi connectivity index (χ4v) is 4.33. The molecule has 0 spiro atoms. The first-order valence-electron chi connectivity index (χ1n) is 10.9. The average Bonchev–Trinajstić information content (AvgIpc) is 3.17. The van der Waals surface area contributed by atoms with Gasteiger partial charge < -0.3 is 23.7 Å². The molecule has 3 aliphatic heterocycles. The first kappa shape index (κ1) is 24.7. The van der Waals surface area contributed by atoms with E-state index < -0.39 is 47.5 Å². The molecule has 1 fully saturated rings. The van der Waals surface area contributed by atoms with E-state index in [4.69, 9.17) is 23.7 Å². The number of carbonyl (C=O) groups is 4. The second-order valence-corrected chi connectivity index (χ2v) is 8.79. The maximum Gasteiger partial charge on any atom is 0.338 e. The Morgan fingerprint density at radius 1 is 1.21 bits per heavy atom. The van der Waals surface area contributed by atoms with E-state index in [1.54, 1.807) is 39.8 Å². The van der Waals surface area contributed by atoms with Crippen LogP contribution in [0.2, 0.25) is 0 Å². The molecule has 33 heavy (non-hydrogen) atoms. The molecule has 2 bridgehead atoms. The SMILES string of the molecule is CC=C(C)C(=O)OC1CC2(OC(C)=O)OC1(C)CCC1=C(COC(C)=O)C(=O)OC1C=C2C. The molecule has 3 heterocycles. The van der Waals surface area contributed by atoms with E-state index in [0.29, 0.717) is 29.6 Å². The Morgan fingerprint density at radius 3 is 2.52 bits per heavy atom. The Labute approximate surface area is 192 Å². The van der Waals surface area contributed by atoms with Gasteiger partial charge in [0.15, 0.2) is 0 Å². The van der Waals surface area contributed by atoms with Crippen molar-refractivity contribution in [2.24, 2.45) is 0 Å². The molecular weight excluding hydrogens is 432 g/mol. The molecule has 9 heteroatoms. The Bertz CT molecular complexity index is 972. The maximum atomic E-state index is 12.5. The predicted octanol–water partition coefficient (Wildman–Crippen LogP) is 2.83. The van der Waals surface area contributed by atoms with Crippen LogP contribution in [-0.2, 0) is 42.9 Å². The number of hydrogen-bond donors (Lipinski definition) is 0. The summed E-state index contributed by atoms with van der Waals surface area (Å²) in [5.41, 5.74) is 0.874. The van der Waals surface area contributed by atoms with Gasteiger partial charge in [-0.25, -0.2) is 9.59 Å². The van der Waals surface area contributed by atoms with Gasteiger partial charge in [-0.3, -0.25) is 9.59 Å². The minimum absolute atomic E-state index is 0.105. The summed E-state index contributed by atoms with van der Waals surface area (Å²) in [7, 11) is 0. The number of fused-ring (bicyclic) bond motifs is 3. The van der Waals surface area contributed by atoms with Crippen LogP contribution in [0.15, 0.2) is 34.4 Å². The molecule has 0 aliphatic carbocycles. The highest BCUT2D eigenvalue weighted by molar-refractivity contribution is 5.93. The van der Waals surface area contributed by atoms with Gasteiger partial charge in [0, 0.05) is 19.4 Å². The fraction of sp³-hybridized carbons (Fsp3) is 0.583. The molecule has 0 saturated carbocycles. The van der Waals surface area contributed by atoms with Crippen molar-refractivity contribution < 1.29 is 42.9 Å². The van der Waals surface area contributed by atoms with Crippen LogP contribution in [-0.4, -0.2) is 54.1 Å². The van der Waals surface area contributed by atoms with Crippen molar-refractivity contribution in [1.29, 1.82) is 0 Å². The molecule has 0 amide bonds. The van der Waals surface area contributed by atoms with Crippen LogP contribution < -0.4 is 0 Å². The van der Waals surface area contributed by atoms with Crippen molar-refractivity contribution in [3.05, 3.63) is 34.4 Å². The lowest BCUT2D eigenvalue weighted by molar-refractivity contribution is -0.226. The van der Waals surface area contributed by atoms with Gasteiger partial charge in [-0.15, -0.1) is 0 Å². The maximum absolute atomic E-state index is 12.5. The lowest BCUT2D eigenvalue weighted by Gasteiger charge is -2.33. The summed E-state index contributed by atoms with van der Waals surface area (Å²) in [5, 5.41) is 0. The van der Waals surface area contributed by atoms with E-state index in [9.17, 15) is 19.2 Å². The lowest BCUT2D eigenvalue weighted by Crippen LogP contribution is -2.41. The molecule has 0 N–H and O–H groups in total. The van der Waals surface area contributed by atoms with Gasteiger partial charge in [0.1, 0.15) is 24.4 Å². The normalized spacial score (nSPS) is 31.5. The Balaban J connectivity index is 2.05. The van der Waals surface area contributed by atoms with Gasteiger partial charge in [0.05, 0.1) is 12.0 Å². The van der Waals surface area contributed by atoms with Crippen LogP contribution >= 0.6 is 0 Å². The van der Waals surface area contributed by atoms with Crippen molar-refractivity contribution in [2.75, 3.05) is 6.61 Å². The quantitative estimate of drug-likeness (QED) is 0.263. The monoisotopic (exact) mass is 462 g/mol. The highest BCUT2D eigenvalue weighted by Crippen LogP contribution is 2.49. The third kappa shape index (κ3) is 4.88. The first-order valence-corrected chi connectivity index (χ1v) is 10.9.